The Morgan fingerprint density at radius 1 is 0.944 bits per heavy atom. The van der Waals surface area contributed by atoms with Gasteiger partial charge in [0.05, 0.1) is 5.56 Å². The molecule has 0 aliphatic rings. The average Bonchev–Trinajstić information content (AvgIpc) is 2.33. The van der Waals surface area contributed by atoms with Gasteiger partial charge in [0.25, 0.3) is 0 Å². The van der Waals surface area contributed by atoms with Gasteiger partial charge in [-0.05, 0) is 18.2 Å². The second-order valence-electron chi connectivity index (χ2n) is 3.70. The minimum Gasteiger partial charge on any atom is -0.399 e. The molecule has 18 heavy (non-hydrogen) atoms. The van der Waals surface area contributed by atoms with Crippen LogP contribution in [0.2, 0.25) is 0 Å². The van der Waals surface area contributed by atoms with E-state index in [1.807, 2.05) is 0 Å². The van der Waals surface area contributed by atoms with Crippen molar-refractivity contribution in [3.05, 3.63) is 65.0 Å². The molecule has 2 nitrogen and oxygen atoms in total. The van der Waals surface area contributed by atoms with Gasteiger partial charge in [-0.3, -0.25) is 4.79 Å². The lowest BCUT2D eigenvalue weighted by atomic mass is 10.0. The van der Waals surface area contributed by atoms with Gasteiger partial charge in [0, 0.05) is 17.3 Å². The molecule has 0 saturated heterocycles. The maximum absolute atomic E-state index is 13.4. The van der Waals surface area contributed by atoms with Gasteiger partial charge >= 0.3 is 0 Å². The summed E-state index contributed by atoms with van der Waals surface area (Å²) in [6.07, 6.45) is 0. The zero-order valence-electron chi connectivity index (χ0n) is 9.08. The Labute approximate surface area is 101 Å². The minimum atomic E-state index is -1.34. The fourth-order valence-corrected chi connectivity index (χ4v) is 1.53. The summed E-state index contributed by atoms with van der Waals surface area (Å²) in [5.74, 6) is -4.47. The van der Waals surface area contributed by atoms with E-state index in [1.165, 1.54) is 18.2 Å². The summed E-state index contributed by atoms with van der Waals surface area (Å²) in [6, 6.07) is 6.70. The highest BCUT2D eigenvalue weighted by Gasteiger charge is 2.17. The molecule has 0 radical (unpaired) electrons. The fourth-order valence-electron chi connectivity index (χ4n) is 1.53. The van der Waals surface area contributed by atoms with E-state index in [1.54, 1.807) is 6.07 Å². The zero-order valence-corrected chi connectivity index (χ0v) is 9.08. The summed E-state index contributed by atoms with van der Waals surface area (Å²) in [7, 11) is 0. The first-order valence-electron chi connectivity index (χ1n) is 5.04. The molecule has 0 amide bonds. The summed E-state index contributed by atoms with van der Waals surface area (Å²) in [6.45, 7) is 0. The average molecular weight is 251 g/mol. The van der Waals surface area contributed by atoms with Crippen molar-refractivity contribution in [3.8, 4) is 0 Å². The molecule has 0 fully saturated rings. The van der Waals surface area contributed by atoms with Crippen LogP contribution in [0.1, 0.15) is 15.9 Å². The lowest BCUT2D eigenvalue weighted by molar-refractivity contribution is 0.103. The Morgan fingerprint density at radius 2 is 1.61 bits per heavy atom. The third-order valence-electron chi connectivity index (χ3n) is 2.40. The first-order valence-corrected chi connectivity index (χ1v) is 5.04. The Kier molecular flexibility index (Phi) is 3.06. The maximum Gasteiger partial charge on any atom is 0.196 e. The number of carbonyl (C=O) groups is 1. The van der Waals surface area contributed by atoms with Gasteiger partial charge in [-0.1, -0.05) is 12.1 Å². The molecular weight excluding hydrogens is 243 g/mol. The number of nitrogen functional groups attached to an aromatic ring is 1. The van der Waals surface area contributed by atoms with Gasteiger partial charge in [0.2, 0.25) is 0 Å². The molecule has 0 aliphatic heterocycles. The van der Waals surface area contributed by atoms with Crippen LogP contribution in [0, 0.1) is 17.5 Å². The second-order valence-corrected chi connectivity index (χ2v) is 3.70. The van der Waals surface area contributed by atoms with E-state index in [0.717, 1.165) is 0 Å². The van der Waals surface area contributed by atoms with E-state index < -0.39 is 28.8 Å². The topological polar surface area (TPSA) is 43.1 Å². The predicted molar refractivity (Wildman–Crippen MR) is 60.6 cm³/mol. The van der Waals surface area contributed by atoms with E-state index in [0.29, 0.717) is 17.8 Å². The molecule has 92 valence electrons. The molecule has 0 unspecified atom stereocenters. The molecular formula is C13H8F3NO. The monoisotopic (exact) mass is 251 g/mol. The van der Waals surface area contributed by atoms with Crippen LogP contribution in [-0.2, 0) is 0 Å². The Hall–Kier alpha value is -2.30. The van der Waals surface area contributed by atoms with Gasteiger partial charge < -0.3 is 5.73 Å². The number of ketones is 1. The summed E-state index contributed by atoms with van der Waals surface area (Å²) in [4.78, 5) is 11.9. The van der Waals surface area contributed by atoms with Crippen molar-refractivity contribution in [2.24, 2.45) is 0 Å². The molecule has 0 atom stereocenters. The van der Waals surface area contributed by atoms with Crippen molar-refractivity contribution in [3.63, 3.8) is 0 Å². The summed E-state index contributed by atoms with van der Waals surface area (Å²) < 4.78 is 39.1. The SMILES string of the molecule is Nc1cccc(C(=O)c2cc(F)c(F)cc2F)c1. The largest absolute Gasteiger partial charge is 0.399 e. The first-order chi connectivity index (χ1) is 8.49. The fraction of sp³-hybridized carbons (Fsp3) is 0. The van der Waals surface area contributed by atoms with Crippen molar-refractivity contribution in [1.29, 1.82) is 0 Å². The lowest BCUT2D eigenvalue weighted by Gasteiger charge is -2.04. The number of hydrogen-bond acceptors (Lipinski definition) is 2. The van der Waals surface area contributed by atoms with Crippen LogP contribution in [0.3, 0.4) is 0 Å². The van der Waals surface area contributed by atoms with E-state index in [-0.39, 0.29) is 5.56 Å². The molecule has 2 rings (SSSR count). The van der Waals surface area contributed by atoms with Crippen LogP contribution in [0.15, 0.2) is 36.4 Å². The highest BCUT2D eigenvalue weighted by atomic mass is 19.2. The number of nitrogens with two attached hydrogens (primary N) is 1. The number of rotatable bonds is 2. The predicted octanol–water partition coefficient (Wildman–Crippen LogP) is 2.92. The van der Waals surface area contributed by atoms with E-state index in [2.05, 4.69) is 0 Å². The zero-order chi connectivity index (χ0) is 13.3. The van der Waals surface area contributed by atoms with Crippen molar-refractivity contribution in [2.75, 3.05) is 5.73 Å². The Balaban J connectivity index is 2.49. The number of hydrogen-bond donors (Lipinski definition) is 1. The van der Waals surface area contributed by atoms with Crippen LogP contribution in [0.5, 0.6) is 0 Å². The van der Waals surface area contributed by atoms with Gasteiger partial charge in [-0.15, -0.1) is 0 Å². The maximum atomic E-state index is 13.4. The molecule has 0 aliphatic carbocycles. The third-order valence-corrected chi connectivity index (χ3v) is 2.40. The normalized spacial score (nSPS) is 10.4. The molecule has 0 saturated carbocycles. The molecule has 2 N–H and O–H groups in total. The highest BCUT2D eigenvalue weighted by molar-refractivity contribution is 6.09. The summed E-state index contributed by atoms with van der Waals surface area (Å²) in [5.41, 5.74) is 5.39. The molecule has 2 aromatic carbocycles. The van der Waals surface area contributed by atoms with Gasteiger partial charge in [-0.25, -0.2) is 13.2 Å². The summed E-state index contributed by atoms with van der Waals surface area (Å²) >= 11 is 0. The van der Waals surface area contributed by atoms with Crippen molar-refractivity contribution >= 4 is 11.5 Å². The van der Waals surface area contributed by atoms with Crippen LogP contribution in [0.25, 0.3) is 0 Å². The number of halogens is 3. The first kappa shape index (κ1) is 12.2. The quantitative estimate of drug-likeness (QED) is 0.506. The highest BCUT2D eigenvalue weighted by Crippen LogP contribution is 2.18. The van der Waals surface area contributed by atoms with Crippen molar-refractivity contribution < 1.29 is 18.0 Å². The molecule has 2 aromatic rings. The van der Waals surface area contributed by atoms with Crippen molar-refractivity contribution in [1.82, 2.24) is 0 Å². The molecule has 0 spiro atoms. The molecule has 0 heterocycles. The summed E-state index contributed by atoms with van der Waals surface area (Å²) in [5, 5.41) is 0. The molecule has 0 aromatic heterocycles. The Bertz CT molecular complexity index is 626. The lowest BCUT2D eigenvalue weighted by Crippen LogP contribution is -2.06. The number of carbonyl (C=O) groups excluding carboxylic acids is 1. The van der Waals surface area contributed by atoms with Crippen LogP contribution < -0.4 is 5.73 Å². The van der Waals surface area contributed by atoms with E-state index in [4.69, 9.17) is 5.73 Å². The smallest absolute Gasteiger partial charge is 0.196 e. The number of anilines is 1. The van der Waals surface area contributed by atoms with Gasteiger partial charge in [0.15, 0.2) is 17.4 Å². The Morgan fingerprint density at radius 3 is 2.28 bits per heavy atom. The van der Waals surface area contributed by atoms with Gasteiger partial charge in [0.1, 0.15) is 5.82 Å². The van der Waals surface area contributed by atoms with Gasteiger partial charge in [-0.2, -0.15) is 0 Å². The van der Waals surface area contributed by atoms with Crippen molar-refractivity contribution in [2.45, 2.75) is 0 Å². The third kappa shape index (κ3) is 2.20. The standard InChI is InChI=1S/C13H8F3NO/c14-10-6-12(16)11(15)5-9(10)13(18)7-2-1-3-8(17)4-7/h1-6H,17H2. The minimum absolute atomic E-state index is 0.111. The molecule has 5 heteroatoms. The number of benzene rings is 2. The van der Waals surface area contributed by atoms with Crippen LogP contribution in [-0.4, -0.2) is 5.78 Å². The van der Waals surface area contributed by atoms with Crippen LogP contribution in [0.4, 0.5) is 18.9 Å². The van der Waals surface area contributed by atoms with Crippen LogP contribution >= 0.6 is 0 Å². The second kappa shape index (κ2) is 4.52. The van der Waals surface area contributed by atoms with E-state index >= 15 is 0 Å². The molecule has 0 bridgehead atoms. The van der Waals surface area contributed by atoms with E-state index in [9.17, 15) is 18.0 Å².